The van der Waals surface area contributed by atoms with Crippen molar-refractivity contribution in [2.24, 2.45) is 5.10 Å². The van der Waals surface area contributed by atoms with Crippen LogP contribution in [0.15, 0.2) is 103 Å². The monoisotopic (exact) mass is 450 g/mol. The quantitative estimate of drug-likeness (QED) is 0.209. The van der Waals surface area contributed by atoms with Gasteiger partial charge in [-0.15, -0.1) is 6.58 Å². The molecule has 6 nitrogen and oxygen atoms in total. The van der Waals surface area contributed by atoms with Crippen molar-refractivity contribution >= 4 is 12.1 Å². The molecule has 2 N–H and O–H groups in total. The van der Waals surface area contributed by atoms with Gasteiger partial charge in [0.15, 0.2) is 0 Å². The fourth-order valence-corrected chi connectivity index (χ4v) is 3.75. The summed E-state index contributed by atoms with van der Waals surface area (Å²) < 4.78 is 1.99. The maximum Gasteiger partial charge on any atom is 0.241 e. The molecule has 0 radical (unpaired) electrons. The summed E-state index contributed by atoms with van der Waals surface area (Å²) in [6.07, 6.45) is 5.72. The Labute approximate surface area is 198 Å². The molecule has 1 heterocycles. The van der Waals surface area contributed by atoms with Crippen LogP contribution in [0.3, 0.4) is 0 Å². The number of aryl methyl sites for hydroxylation is 1. The van der Waals surface area contributed by atoms with E-state index in [2.05, 4.69) is 22.1 Å². The minimum absolute atomic E-state index is 0.139. The Balaban J connectivity index is 1.46. The molecule has 0 aliphatic rings. The molecule has 0 atom stereocenters. The Bertz CT molecular complexity index is 1290. The Morgan fingerprint density at radius 1 is 1.00 bits per heavy atom. The second-order valence-electron chi connectivity index (χ2n) is 7.76. The predicted molar refractivity (Wildman–Crippen MR) is 135 cm³/mol. The number of benzene rings is 3. The number of aromatic nitrogens is 2. The number of carbonyl (C=O) groups excluding carboxylic acids is 1. The van der Waals surface area contributed by atoms with Gasteiger partial charge >= 0.3 is 0 Å². The molecular weight excluding hydrogens is 424 g/mol. The van der Waals surface area contributed by atoms with Crippen LogP contribution in [-0.2, 0) is 17.8 Å². The molecule has 1 amide bonds. The van der Waals surface area contributed by atoms with Crippen LogP contribution >= 0.6 is 0 Å². The molecule has 0 aliphatic heterocycles. The fraction of sp³-hybridized carbons (Fsp3) is 0.107. The lowest BCUT2D eigenvalue weighted by Gasteiger charge is -2.10. The Kier molecular flexibility index (Phi) is 7.30. The van der Waals surface area contributed by atoms with Crippen LogP contribution in [0.25, 0.3) is 22.5 Å². The maximum absolute atomic E-state index is 12.5. The molecule has 170 valence electrons. The number of hydrazone groups is 1. The van der Waals surface area contributed by atoms with Crippen molar-refractivity contribution in [1.82, 2.24) is 15.0 Å². The Morgan fingerprint density at radius 3 is 2.41 bits per heavy atom. The molecule has 0 saturated carbocycles. The molecule has 4 rings (SSSR count). The van der Waals surface area contributed by atoms with Gasteiger partial charge in [0.1, 0.15) is 5.75 Å². The van der Waals surface area contributed by atoms with Crippen molar-refractivity contribution in [3.05, 3.63) is 109 Å². The van der Waals surface area contributed by atoms with E-state index in [0.717, 1.165) is 28.1 Å². The summed E-state index contributed by atoms with van der Waals surface area (Å²) in [5.41, 5.74) is 7.73. The van der Waals surface area contributed by atoms with Gasteiger partial charge in [-0.3, -0.25) is 4.79 Å². The minimum atomic E-state index is -0.230. The second kappa shape index (κ2) is 10.9. The van der Waals surface area contributed by atoms with E-state index in [1.807, 2.05) is 77.4 Å². The highest BCUT2D eigenvalue weighted by Crippen LogP contribution is 2.31. The summed E-state index contributed by atoms with van der Waals surface area (Å²) in [6, 6.07) is 25.4. The topological polar surface area (TPSA) is 79.5 Å². The second-order valence-corrected chi connectivity index (χ2v) is 7.76. The zero-order valence-electron chi connectivity index (χ0n) is 18.8. The van der Waals surface area contributed by atoms with Gasteiger partial charge in [-0.05, 0) is 18.1 Å². The number of para-hydroxylation sites is 1. The van der Waals surface area contributed by atoms with Crippen LogP contribution in [0, 0.1) is 0 Å². The average Bonchev–Trinajstić information content (AvgIpc) is 3.30. The molecule has 0 unspecified atom stereocenters. The number of rotatable bonds is 9. The molecule has 3 aromatic carbocycles. The van der Waals surface area contributed by atoms with Crippen LogP contribution in [0.2, 0.25) is 0 Å². The number of imidazole rings is 1. The van der Waals surface area contributed by atoms with Gasteiger partial charge in [0.2, 0.25) is 5.91 Å². The SMILES string of the molecule is C=CCc1cccc(/C=N\NC(=O)CCn2cnc(-c3ccccc3)c2-c2ccccc2)c1O. The number of aromatic hydroxyl groups is 1. The normalized spacial score (nSPS) is 10.9. The third kappa shape index (κ3) is 5.30. The fourth-order valence-electron chi connectivity index (χ4n) is 3.75. The van der Waals surface area contributed by atoms with E-state index in [-0.39, 0.29) is 18.1 Å². The molecule has 6 heteroatoms. The zero-order valence-corrected chi connectivity index (χ0v) is 18.8. The summed E-state index contributed by atoms with van der Waals surface area (Å²) in [7, 11) is 0. The van der Waals surface area contributed by atoms with Crippen LogP contribution in [-0.4, -0.2) is 26.8 Å². The van der Waals surface area contributed by atoms with Crippen LogP contribution < -0.4 is 5.43 Å². The van der Waals surface area contributed by atoms with E-state index >= 15 is 0 Å². The molecule has 0 fully saturated rings. The minimum Gasteiger partial charge on any atom is -0.507 e. The number of nitrogens with one attached hydrogen (secondary N) is 1. The first-order valence-corrected chi connectivity index (χ1v) is 11.1. The van der Waals surface area contributed by atoms with Crippen LogP contribution in [0.1, 0.15) is 17.5 Å². The Hall–Kier alpha value is -4.45. The van der Waals surface area contributed by atoms with Crippen LogP contribution in [0.4, 0.5) is 0 Å². The van der Waals surface area contributed by atoms with Crippen molar-refractivity contribution in [2.75, 3.05) is 0 Å². The highest BCUT2D eigenvalue weighted by molar-refractivity contribution is 5.85. The molecule has 0 spiro atoms. The number of amides is 1. The Morgan fingerprint density at radius 2 is 1.71 bits per heavy atom. The van der Waals surface area contributed by atoms with E-state index in [4.69, 9.17) is 0 Å². The van der Waals surface area contributed by atoms with Gasteiger partial charge in [-0.25, -0.2) is 10.4 Å². The summed E-state index contributed by atoms with van der Waals surface area (Å²) >= 11 is 0. The number of nitrogens with zero attached hydrogens (tertiary/aromatic N) is 3. The molecule has 0 aliphatic carbocycles. The van der Waals surface area contributed by atoms with Gasteiger partial charge in [0, 0.05) is 29.7 Å². The van der Waals surface area contributed by atoms with E-state index in [1.54, 1.807) is 18.5 Å². The summed E-state index contributed by atoms with van der Waals surface area (Å²) in [5.74, 6) is -0.0910. The first-order chi connectivity index (χ1) is 16.7. The highest BCUT2D eigenvalue weighted by atomic mass is 16.3. The predicted octanol–water partition coefficient (Wildman–Crippen LogP) is 5.19. The van der Waals surface area contributed by atoms with Gasteiger partial charge in [0.25, 0.3) is 0 Å². The molecule has 0 saturated heterocycles. The lowest BCUT2D eigenvalue weighted by Crippen LogP contribution is -2.19. The largest absolute Gasteiger partial charge is 0.507 e. The smallest absolute Gasteiger partial charge is 0.241 e. The number of allylic oxidation sites excluding steroid dienone is 1. The first kappa shape index (κ1) is 22.7. The van der Waals surface area contributed by atoms with Crippen LogP contribution in [0.5, 0.6) is 5.75 Å². The number of carbonyl (C=O) groups is 1. The lowest BCUT2D eigenvalue weighted by atomic mass is 10.0. The van der Waals surface area contributed by atoms with Gasteiger partial charge < -0.3 is 9.67 Å². The van der Waals surface area contributed by atoms with E-state index in [9.17, 15) is 9.90 Å². The number of hydrogen-bond donors (Lipinski definition) is 2. The van der Waals surface area contributed by atoms with Gasteiger partial charge in [-0.2, -0.15) is 5.10 Å². The molecule has 0 bridgehead atoms. The number of phenols is 1. The van der Waals surface area contributed by atoms with Crippen molar-refractivity contribution in [3.8, 4) is 28.3 Å². The third-order valence-corrected chi connectivity index (χ3v) is 5.42. The van der Waals surface area contributed by atoms with Crippen molar-refractivity contribution in [3.63, 3.8) is 0 Å². The molecule has 34 heavy (non-hydrogen) atoms. The van der Waals surface area contributed by atoms with E-state index in [0.29, 0.717) is 18.5 Å². The number of phenolic OH excluding ortho intramolecular Hbond substituents is 1. The molecule has 4 aromatic rings. The zero-order chi connectivity index (χ0) is 23.8. The molecule has 1 aromatic heterocycles. The lowest BCUT2D eigenvalue weighted by molar-refractivity contribution is -0.121. The summed E-state index contributed by atoms with van der Waals surface area (Å²) in [4.78, 5) is 17.1. The van der Waals surface area contributed by atoms with Gasteiger partial charge in [-0.1, -0.05) is 78.9 Å². The van der Waals surface area contributed by atoms with Gasteiger partial charge in [0.05, 0.1) is 23.9 Å². The summed E-state index contributed by atoms with van der Waals surface area (Å²) in [5, 5.41) is 14.3. The molecular formula is C28H26N4O2. The standard InChI is InChI=1S/C28H26N4O2/c1-2-10-23-15-9-16-24(28(23)34)19-30-31-25(33)17-18-32-20-29-26(21-11-5-3-6-12-21)27(32)22-13-7-4-8-14-22/h2-9,11-16,19-20,34H,1,10,17-18H2,(H,31,33)/b30-19-. The maximum atomic E-state index is 12.5. The third-order valence-electron chi connectivity index (χ3n) is 5.42. The van der Waals surface area contributed by atoms with Crippen molar-refractivity contribution in [1.29, 1.82) is 0 Å². The van der Waals surface area contributed by atoms with Crippen molar-refractivity contribution < 1.29 is 9.90 Å². The summed E-state index contributed by atoms with van der Waals surface area (Å²) in [6.45, 7) is 4.14. The van der Waals surface area contributed by atoms with E-state index in [1.165, 1.54) is 6.21 Å². The average molecular weight is 451 g/mol. The highest BCUT2D eigenvalue weighted by Gasteiger charge is 2.15. The number of hydrogen-bond acceptors (Lipinski definition) is 4. The van der Waals surface area contributed by atoms with E-state index < -0.39 is 0 Å². The van der Waals surface area contributed by atoms with Crippen molar-refractivity contribution in [2.45, 2.75) is 19.4 Å². The first-order valence-electron chi connectivity index (χ1n) is 11.1.